The van der Waals surface area contributed by atoms with Gasteiger partial charge < -0.3 is 5.32 Å². The first-order chi connectivity index (χ1) is 7.21. The highest BCUT2D eigenvalue weighted by Crippen LogP contribution is 2.30. The number of amides is 1. The molecule has 88 valence electrons. The number of hydrogen-bond donors (Lipinski definition) is 1. The molecule has 0 aliphatic carbocycles. The molecular weight excluding hydrogens is 289 g/mol. The summed E-state index contributed by atoms with van der Waals surface area (Å²) in [6, 6.07) is 3.64. The van der Waals surface area contributed by atoms with E-state index in [1.165, 1.54) is 0 Å². The van der Waals surface area contributed by atoms with Crippen LogP contribution in [0, 0.1) is 12.3 Å². The lowest BCUT2D eigenvalue weighted by atomic mass is 9.95. The van der Waals surface area contributed by atoms with Crippen molar-refractivity contribution in [3.8, 4) is 0 Å². The van der Waals surface area contributed by atoms with E-state index < -0.39 is 5.41 Å². The zero-order valence-corrected chi connectivity index (χ0v) is 12.2. The molecule has 0 atom stereocenters. The Kier molecular flexibility index (Phi) is 4.02. The molecule has 1 aromatic carbocycles. The second-order valence-electron chi connectivity index (χ2n) is 4.79. The van der Waals surface area contributed by atoms with Crippen LogP contribution in [0.4, 0.5) is 5.69 Å². The average Bonchev–Trinajstić information content (AvgIpc) is 2.12. The zero-order chi connectivity index (χ0) is 12.5. The van der Waals surface area contributed by atoms with Crippen molar-refractivity contribution in [1.29, 1.82) is 0 Å². The number of rotatable bonds is 1. The van der Waals surface area contributed by atoms with Gasteiger partial charge in [-0.1, -0.05) is 32.4 Å². The maximum absolute atomic E-state index is 11.8. The number of carbonyl (C=O) groups is 1. The van der Waals surface area contributed by atoms with E-state index in [-0.39, 0.29) is 5.91 Å². The molecule has 0 radical (unpaired) electrons. The van der Waals surface area contributed by atoms with E-state index in [9.17, 15) is 4.79 Å². The van der Waals surface area contributed by atoms with Crippen LogP contribution < -0.4 is 5.32 Å². The fraction of sp³-hybridized carbons (Fsp3) is 0.417. The third kappa shape index (κ3) is 3.22. The third-order valence-electron chi connectivity index (χ3n) is 2.18. The molecule has 0 unspecified atom stereocenters. The summed E-state index contributed by atoms with van der Waals surface area (Å²) in [4.78, 5) is 11.8. The van der Waals surface area contributed by atoms with Crippen LogP contribution in [0.2, 0.25) is 5.02 Å². The Labute approximate surface area is 110 Å². The van der Waals surface area contributed by atoms with Crippen LogP contribution in [0.3, 0.4) is 0 Å². The summed E-state index contributed by atoms with van der Waals surface area (Å²) in [5.74, 6) is -0.0341. The van der Waals surface area contributed by atoms with Gasteiger partial charge in [0.1, 0.15) is 0 Å². The van der Waals surface area contributed by atoms with Crippen molar-refractivity contribution >= 4 is 39.1 Å². The number of carbonyl (C=O) groups excluding carboxylic acids is 1. The van der Waals surface area contributed by atoms with Gasteiger partial charge in [-0.2, -0.15) is 0 Å². The quantitative estimate of drug-likeness (QED) is 0.819. The van der Waals surface area contributed by atoms with Crippen LogP contribution >= 0.6 is 27.5 Å². The molecule has 0 aromatic heterocycles. The molecule has 0 spiro atoms. The van der Waals surface area contributed by atoms with Gasteiger partial charge in [0, 0.05) is 14.9 Å². The minimum absolute atomic E-state index is 0.0341. The van der Waals surface area contributed by atoms with Crippen molar-refractivity contribution in [3.63, 3.8) is 0 Å². The number of aryl methyl sites for hydroxylation is 1. The monoisotopic (exact) mass is 303 g/mol. The fourth-order valence-corrected chi connectivity index (χ4v) is 1.77. The Morgan fingerprint density at radius 3 is 2.44 bits per heavy atom. The van der Waals surface area contributed by atoms with Crippen molar-refractivity contribution in [2.45, 2.75) is 27.7 Å². The fourth-order valence-electron chi connectivity index (χ4n) is 1.05. The maximum atomic E-state index is 11.8. The summed E-state index contributed by atoms with van der Waals surface area (Å²) in [7, 11) is 0. The van der Waals surface area contributed by atoms with Crippen molar-refractivity contribution in [3.05, 3.63) is 27.2 Å². The smallest absolute Gasteiger partial charge is 0.229 e. The van der Waals surface area contributed by atoms with Gasteiger partial charge in [-0.05, 0) is 40.5 Å². The molecule has 0 heterocycles. The highest BCUT2D eigenvalue weighted by Gasteiger charge is 2.22. The second-order valence-corrected chi connectivity index (χ2v) is 6.05. The lowest BCUT2D eigenvalue weighted by Crippen LogP contribution is -2.27. The van der Waals surface area contributed by atoms with Crippen LogP contribution in [0.25, 0.3) is 0 Å². The lowest BCUT2D eigenvalue weighted by molar-refractivity contribution is -0.123. The largest absolute Gasteiger partial charge is 0.325 e. The molecule has 1 aromatic rings. The van der Waals surface area contributed by atoms with Crippen molar-refractivity contribution in [1.82, 2.24) is 0 Å². The molecule has 1 rings (SSSR count). The molecule has 0 bridgehead atoms. The van der Waals surface area contributed by atoms with Crippen LogP contribution in [0.15, 0.2) is 16.6 Å². The molecule has 0 fully saturated rings. The van der Waals surface area contributed by atoms with Crippen LogP contribution in [-0.2, 0) is 4.79 Å². The molecule has 0 saturated heterocycles. The summed E-state index contributed by atoms with van der Waals surface area (Å²) in [5, 5.41) is 3.49. The summed E-state index contributed by atoms with van der Waals surface area (Å²) in [6.07, 6.45) is 0. The molecule has 4 heteroatoms. The van der Waals surface area contributed by atoms with Gasteiger partial charge in [-0.25, -0.2) is 0 Å². The molecule has 0 aliphatic heterocycles. The first kappa shape index (κ1) is 13.5. The van der Waals surface area contributed by atoms with Gasteiger partial charge in [0.25, 0.3) is 0 Å². The highest BCUT2D eigenvalue weighted by atomic mass is 79.9. The second kappa shape index (κ2) is 4.76. The van der Waals surface area contributed by atoms with E-state index in [0.717, 1.165) is 10.0 Å². The average molecular weight is 305 g/mol. The molecule has 2 nitrogen and oxygen atoms in total. The Morgan fingerprint density at radius 2 is 1.94 bits per heavy atom. The van der Waals surface area contributed by atoms with E-state index >= 15 is 0 Å². The number of nitrogens with one attached hydrogen (secondary N) is 1. The van der Waals surface area contributed by atoms with E-state index in [1.807, 2.05) is 33.8 Å². The van der Waals surface area contributed by atoms with E-state index in [1.54, 1.807) is 6.07 Å². The number of benzene rings is 1. The standard InChI is InChI=1S/C12H15BrClNO/c1-7-5-8(13)10(6-9(7)14)15-11(16)12(2,3)4/h5-6H,1-4H3,(H,15,16). The predicted octanol–water partition coefficient (Wildman–Crippen LogP) is 4.40. The summed E-state index contributed by atoms with van der Waals surface area (Å²) in [5.41, 5.74) is 1.26. The van der Waals surface area contributed by atoms with Crippen LogP contribution in [0.5, 0.6) is 0 Å². The normalized spacial score (nSPS) is 11.4. The van der Waals surface area contributed by atoms with Crippen molar-refractivity contribution < 1.29 is 4.79 Å². The number of hydrogen-bond acceptors (Lipinski definition) is 1. The molecule has 0 saturated carbocycles. The third-order valence-corrected chi connectivity index (χ3v) is 3.24. The van der Waals surface area contributed by atoms with Crippen molar-refractivity contribution in [2.75, 3.05) is 5.32 Å². The van der Waals surface area contributed by atoms with Crippen molar-refractivity contribution in [2.24, 2.45) is 5.41 Å². The van der Waals surface area contributed by atoms with Gasteiger partial charge in [0.2, 0.25) is 5.91 Å². The minimum Gasteiger partial charge on any atom is -0.325 e. The summed E-state index contributed by atoms with van der Waals surface area (Å²) >= 11 is 9.41. The molecule has 1 N–H and O–H groups in total. The van der Waals surface area contributed by atoms with E-state index in [2.05, 4.69) is 21.2 Å². The Bertz CT molecular complexity index is 424. The number of anilines is 1. The SMILES string of the molecule is Cc1cc(Br)c(NC(=O)C(C)(C)C)cc1Cl. The molecule has 0 aliphatic rings. The Balaban J connectivity index is 2.99. The molecule has 1 amide bonds. The molecular formula is C12H15BrClNO. The van der Waals surface area contributed by atoms with Gasteiger partial charge in [0.15, 0.2) is 0 Å². The lowest BCUT2D eigenvalue weighted by Gasteiger charge is -2.18. The Morgan fingerprint density at radius 1 is 1.38 bits per heavy atom. The first-order valence-corrected chi connectivity index (χ1v) is 6.16. The maximum Gasteiger partial charge on any atom is 0.229 e. The van der Waals surface area contributed by atoms with Gasteiger partial charge in [-0.15, -0.1) is 0 Å². The summed E-state index contributed by atoms with van der Waals surface area (Å²) in [6.45, 7) is 7.52. The number of halogens is 2. The predicted molar refractivity (Wildman–Crippen MR) is 72.0 cm³/mol. The van der Waals surface area contributed by atoms with Crippen LogP contribution in [0.1, 0.15) is 26.3 Å². The highest BCUT2D eigenvalue weighted by molar-refractivity contribution is 9.10. The van der Waals surface area contributed by atoms with Gasteiger partial charge in [0.05, 0.1) is 5.69 Å². The summed E-state index contributed by atoms with van der Waals surface area (Å²) < 4.78 is 0.840. The topological polar surface area (TPSA) is 29.1 Å². The molecule has 16 heavy (non-hydrogen) atoms. The van der Waals surface area contributed by atoms with Gasteiger partial charge >= 0.3 is 0 Å². The minimum atomic E-state index is -0.420. The Hall–Kier alpha value is -0.540. The van der Waals surface area contributed by atoms with Crippen LogP contribution in [-0.4, -0.2) is 5.91 Å². The van der Waals surface area contributed by atoms with Gasteiger partial charge in [-0.3, -0.25) is 4.79 Å². The zero-order valence-electron chi connectivity index (χ0n) is 9.82. The first-order valence-electron chi connectivity index (χ1n) is 4.99. The van der Waals surface area contributed by atoms with E-state index in [4.69, 9.17) is 11.6 Å². The van der Waals surface area contributed by atoms with E-state index in [0.29, 0.717) is 10.7 Å².